The molecule has 0 saturated heterocycles. The van der Waals surface area contributed by atoms with Gasteiger partial charge in [-0.2, -0.15) is 4.89 Å². The minimum Gasteiger partial charge on any atom is -0.380 e. The van der Waals surface area contributed by atoms with Crippen LogP contribution in [-0.4, -0.2) is 88.6 Å². The molecule has 5 unspecified atom stereocenters. The van der Waals surface area contributed by atoms with Gasteiger partial charge in [0.2, 0.25) is 23.6 Å². The first-order chi connectivity index (χ1) is 37.2. The molecule has 2 aliphatic carbocycles. The van der Waals surface area contributed by atoms with Crippen molar-refractivity contribution in [1.82, 2.24) is 21.3 Å². The number of carbonyl (C=O) groups is 5. The van der Waals surface area contributed by atoms with Crippen LogP contribution in [0.2, 0.25) is 0 Å². The average molecular weight is 1100 g/mol. The first-order valence-corrected chi connectivity index (χ1v) is 31.3. The summed E-state index contributed by atoms with van der Waals surface area (Å²) in [5, 5.41) is 11.8. The van der Waals surface area contributed by atoms with E-state index in [9.17, 15) is 24.0 Å². The van der Waals surface area contributed by atoms with Crippen molar-refractivity contribution >= 4 is 29.4 Å². The number of nitrogens with one attached hydrogen (secondary N) is 4. The zero-order chi connectivity index (χ0) is 57.6. The number of ether oxygens (including phenoxy) is 2. The number of hydrogen-bond acceptors (Lipinski definition) is 9. The van der Waals surface area contributed by atoms with Gasteiger partial charge in [0.15, 0.2) is 0 Å². The van der Waals surface area contributed by atoms with Crippen molar-refractivity contribution in [2.24, 2.45) is 40.4 Å². The Hall–Kier alpha value is -3.55. The number of hydrogen-bond donors (Lipinski definition) is 4. The lowest BCUT2D eigenvalue weighted by atomic mass is 9.70. The molecule has 13 heteroatoms. The molecule has 2 rings (SSSR count). The molecule has 0 fully saturated rings. The molecule has 0 heterocycles. The van der Waals surface area contributed by atoms with Crippen LogP contribution in [0, 0.1) is 40.4 Å². The van der Waals surface area contributed by atoms with Crippen molar-refractivity contribution in [3.8, 4) is 0 Å². The van der Waals surface area contributed by atoms with Crippen LogP contribution < -0.4 is 21.3 Å². The van der Waals surface area contributed by atoms with Gasteiger partial charge in [-0.25, -0.2) is 0 Å². The second kappa shape index (κ2) is 41.4. The SMILES string of the molecule is CCCCNC(=O)CCOCCC(=O)NC/C=C\OOCCOCCCNC(=O)C(CCCCNC(=O)CC(C)CCCC(C)CCC1=C(C)CCCC1(C)C)CC(=O)CC(C)CCCC(C)CCC1=C(C)CCCC1(C)C. The maximum absolute atomic E-state index is 13.6. The third-order valence-electron chi connectivity index (χ3n) is 16.7. The first-order valence-electron chi connectivity index (χ1n) is 31.3. The molecule has 2 aliphatic rings. The predicted molar refractivity (Wildman–Crippen MR) is 318 cm³/mol. The lowest BCUT2D eigenvalue weighted by Crippen LogP contribution is -2.33. The van der Waals surface area contributed by atoms with E-state index in [4.69, 9.17) is 19.2 Å². The number of carbonyl (C=O) groups excluding carboxylic acids is 5. The minimum absolute atomic E-state index is 0.0445. The van der Waals surface area contributed by atoms with E-state index in [1.165, 1.54) is 83.3 Å². The van der Waals surface area contributed by atoms with Crippen LogP contribution in [0.15, 0.2) is 34.6 Å². The van der Waals surface area contributed by atoms with Crippen LogP contribution in [0.4, 0.5) is 0 Å². The maximum atomic E-state index is 13.6. The molecule has 0 spiro atoms. The molecular weight excluding hydrogens is 981 g/mol. The molecule has 0 saturated carbocycles. The van der Waals surface area contributed by atoms with Crippen molar-refractivity contribution in [2.45, 2.75) is 250 Å². The Balaban J connectivity index is 1.71. The smallest absolute Gasteiger partial charge is 0.223 e. The van der Waals surface area contributed by atoms with Crippen molar-refractivity contribution in [3.05, 3.63) is 34.6 Å². The molecule has 4 N–H and O–H groups in total. The molecule has 4 amide bonds. The van der Waals surface area contributed by atoms with Crippen molar-refractivity contribution in [3.63, 3.8) is 0 Å². The maximum Gasteiger partial charge on any atom is 0.223 e. The Morgan fingerprint density at radius 2 is 1.06 bits per heavy atom. The number of Topliss-reactive ketones (excluding diaryl/α,β-unsaturated/α-hetero) is 1. The minimum atomic E-state index is -0.410. The van der Waals surface area contributed by atoms with Gasteiger partial charge in [-0.3, -0.25) is 24.0 Å². The summed E-state index contributed by atoms with van der Waals surface area (Å²) in [6.45, 7) is 28.9. The Morgan fingerprint density at radius 1 is 0.538 bits per heavy atom. The van der Waals surface area contributed by atoms with Gasteiger partial charge in [-0.15, -0.1) is 0 Å². The summed E-state index contributed by atoms with van der Waals surface area (Å²) in [5.41, 5.74) is 7.27. The third kappa shape index (κ3) is 33.3. The fourth-order valence-corrected chi connectivity index (χ4v) is 11.6. The molecule has 0 radical (unpaired) electrons. The van der Waals surface area contributed by atoms with Gasteiger partial charge in [-0.05, 0) is 144 Å². The summed E-state index contributed by atoms with van der Waals surface area (Å²) in [4.78, 5) is 73.9. The highest BCUT2D eigenvalue weighted by atomic mass is 17.2. The van der Waals surface area contributed by atoms with E-state index in [-0.39, 0.29) is 81.0 Å². The molecule has 78 heavy (non-hydrogen) atoms. The quantitative estimate of drug-likeness (QED) is 0.0152. The third-order valence-corrected chi connectivity index (χ3v) is 16.7. The van der Waals surface area contributed by atoms with E-state index in [0.717, 1.165) is 51.4 Å². The van der Waals surface area contributed by atoms with Gasteiger partial charge in [0.05, 0.1) is 19.8 Å². The highest BCUT2D eigenvalue weighted by molar-refractivity contribution is 5.87. The van der Waals surface area contributed by atoms with E-state index >= 15 is 0 Å². The Morgan fingerprint density at radius 3 is 1.65 bits per heavy atom. The van der Waals surface area contributed by atoms with Crippen LogP contribution in [0.5, 0.6) is 0 Å². The number of allylic oxidation sites excluding steroid dienone is 4. The van der Waals surface area contributed by atoms with Crippen LogP contribution >= 0.6 is 0 Å². The lowest BCUT2D eigenvalue weighted by molar-refractivity contribution is -0.255. The molecule has 450 valence electrons. The fourth-order valence-electron chi connectivity index (χ4n) is 11.6. The molecule has 13 nitrogen and oxygen atoms in total. The average Bonchev–Trinajstić information content (AvgIpc) is 3.38. The van der Waals surface area contributed by atoms with Gasteiger partial charge >= 0.3 is 0 Å². The first kappa shape index (κ1) is 70.6. The van der Waals surface area contributed by atoms with E-state index in [1.54, 1.807) is 28.4 Å². The molecule has 0 bridgehead atoms. The standard InChI is InChI=1S/C65H116N4O9/c1-12-13-37-66-60(71)33-43-76-44-34-61(72)67-39-21-42-77-78-46-45-75-41-20-40-69-63(74)56(49-57(70)47-52(4)24-16-22-50(2)29-31-58-54(6)26-18-35-64(58,8)9)28-14-15-38-68-62(73)48-53(5)25-17-23-51(3)30-32-59-55(7)27-19-36-65(59,10)11/h21,42,50-53,56H,12-20,22-41,43-49H2,1-11H3,(H,66,71)(H,67,72)(H,68,73)(H,69,74)/b42-21-. The molecule has 0 aromatic heterocycles. The monoisotopic (exact) mass is 1100 g/mol. The number of unbranched alkanes of at least 4 members (excludes halogenated alkanes) is 2. The highest BCUT2D eigenvalue weighted by Gasteiger charge is 2.30. The van der Waals surface area contributed by atoms with Gasteiger partial charge in [0.1, 0.15) is 18.7 Å². The molecule has 0 aromatic carbocycles. The Bertz CT molecular complexity index is 1810. The molecule has 0 aromatic rings. The Labute approximate surface area is 475 Å². The number of ketones is 1. The van der Waals surface area contributed by atoms with Crippen LogP contribution in [0.3, 0.4) is 0 Å². The van der Waals surface area contributed by atoms with Crippen molar-refractivity contribution < 1.29 is 43.2 Å². The van der Waals surface area contributed by atoms with Gasteiger partial charge in [-0.1, -0.05) is 136 Å². The summed E-state index contributed by atoms with van der Waals surface area (Å²) >= 11 is 0. The largest absolute Gasteiger partial charge is 0.380 e. The normalized spacial score (nSPS) is 17.3. The van der Waals surface area contributed by atoms with Crippen LogP contribution in [0.1, 0.15) is 250 Å². The topological polar surface area (TPSA) is 170 Å². The summed E-state index contributed by atoms with van der Waals surface area (Å²) in [6.07, 6.45) is 28.7. The predicted octanol–water partition coefficient (Wildman–Crippen LogP) is 13.9. The molecular formula is C65H116N4O9. The van der Waals surface area contributed by atoms with Gasteiger partial charge in [0.25, 0.3) is 0 Å². The number of rotatable bonds is 46. The van der Waals surface area contributed by atoms with Gasteiger partial charge < -0.3 is 35.6 Å². The second-order valence-corrected chi connectivity index (χ2v) is 25.2. The zero-order valence-corrected chi connectivity index (χ0v) is 51.7. The van der Waals surface area contributed by atoms with Crippen molar-refractivity contribution in [1.29, 1.82) is 0 Å². The summed E-state index contributed by atoms with van der Waals surface area (Å²) < 4.78 is 11.1. The molecule has 0 aliphatic heterocycles. The van der Waals surface area contributed by atoms with E-state index < -0.39 is 5.92 Å². The lowest BCUT2D eigenvalue weighted by Gasteiger charge is -2.35. The summed E-state index contributed by atoms with van der Waals surface area (Å²) in [7, 11) is 0. The second-order valence-electron chi connectivity index (χ2n) is 25.2. The van der Waals surface area contributed by atoms with E-state index in [2.05, 4.69) is 97.4 Å². The Kier molecular flexibility index (Phi) is 37.5. The van der Waals surface area contributed by atoms with E-state index in [0.29, 0.717) is 87.1 Å². The van der Waals surface area contributed by atoms with Crippen LogP contribution in [0.25, 0.3) is 0 Å². The zero-order valence-electron chi connectivity index (χ0n) is 51.7. The number of amides is 4. The van der Waals surface area contributed by atoms with Gasteiger partial charge in [0, 0.05) is 70.8 Å². The van der Waals surface area contributed by atoms with Crippen LogP contribution in [-0.2, 0) is 43.2 Å². The summed E-state index contributed by atoms with van der Waals surface area (Å²) in [5.74, 6) is 1.49. The molecule has 5 atom stereocenters. The summed E-state index contributed by atoms with van der Waals surface area (Å²) in [6, 6.07) is 0. The fraction of sp³-hybridized carbons (Fsp3) is 0.831. The van der Waals surface area contributed by atoms with E-state index in [1.807, 2.05) is 0 Å². The highest BCUT2D eigenvalue weighted by Crippen LogP contribution is 2.44. The van der Waals surface area contributed by atoms with Crippen molar-refractivity contribution in [2.75, 3.05) is 59.2 Å².